The monoisotopic (exact) mass is 234 g/mol. The van der Waals surface area contributed by atoms with Crippen LogP contribution in [-0.2, 0) is 0 Å². The van der Waals surface area contributed by atoms with E-state index in [0.29, 0.717) is 0 Å². The molecule has 0 fully saturated rings. The third-order valence-corrected chi connectivity index (χ3v) is 3.43. The fourth-order valence-electron chi connectivity index (χ4n) is 1.51. The molecule has 15 heavy (non-hydrogen) atoms. The molecule has 0 bridgehead atoms. The Morgan fingerprint density at radius 1 is 1.13 bits per heavy atom. The predicted molar refractivity (Wildman–Crippen MR) is 64.4 cm³/mol. The van der Waals surface area contributed by atoms with Gasteiger partial charge >= 0.3 is 0 Å². The topological polar surface area (TPSA) is 28.7 Å². The number of H-pyrrole nitrogens is 1. The van der Waals surface area contributed by atoms with Gasteiger partial charge in [0.15, 0.2) is 0 Å². The van der Waals surface area contributed by atoms with Crippen LogP contribution in [0.5, 0.6) is 0 Å². The third-order valence-electron chi connectivity index (χ3n) is 2.20. The van der Waals surface area contributed by atoms with E-state index in [1.54, 1.807) is 0 Å². The summed E-state index contributed by atoms with van der Waals surface area (Å²) in [5.41, 5.74) is 2.04. The van der Waals surface area contributed by atoms with Crippen molar-refractivity contribution in [2.45, 2.75) is 0 Å². The van der Waals surface area contributed by atoms with Crippen LogP contribution in [0.15, 0.2) is 36.4 Å². The molecule has 0 spiro atoms. The first kappa shape index (κ1) is 8.95. The van der Waals surface area contributed by atoms with Crippen molar-refractivity contribution < 1.29 is 0 Å². The lowest BCUT2D eigenvalue weighted by Gasteiger charge is -1.86. The molecule has 0 amide bonds. The van der Waals surface area contributed by atoms with Gasteiger partial charge in [-0.05, 0) is 24.3 Å². The molecule has 0 atom stereocenters. The van der Waals surface area contributed by atoms with Crippen LogP contribution in [-0.4, -0.2) is 9.97 Å². The molecule has 0 saturated carbocycles. The Kier molecular flexibility index (Phi) is 2.01. The molecule has 1 aromatic carbocycles. The Labute approximate surface area is 95.5 Å². The quantitative estimate of drug-likeness (QED) is 0.679. The molecule has 0 unspecified atom stereocenters. The van der Waals surface area contributed by atoms with E-state index >= 15 is 0 Å². The van der Waals surface area contributed by atoms with Crippen molar-refractivity contribution in [3.63, 3.8) is 0 Å². The first-order valence-corrected chi connectivity index (χ1v) is 5.73. The molecule has 2 heterocycles. The largest absolute Gasteiger partial charge is 0.337 e. The number of nitrogens with one attached hydrogen (secondary N) is 1. The molecule has 1 N–H and O–H groups in total. The standard InChI is InChI=1S/C11H7ClN2S/c12-10-6-5-9(15-10)11-13-7-3-1-2-4-8(7)14-11/h1-6H,(H,13,14). The second-order valence-corrected chi connectivity index (χ2v) is 4.92. The number of benzene rings is 1. The predicted octanol–water partition coefficient (Wildman–Crippen LogP) is 3.94. The highest BCUT2D eigenvalue weighted by atomic mass is 35.5. The minimum atomic E-state index is 0.783. The van der Waals surface area contributed by atoms with Gasteiger partial charge in [0, 0.05) is 0 Å². The van der Waals surface area contributed by atoms with Crippen LogP contribution in [0.4, 0.5) is 0 Å². The number of thiophene rings is 1. The molecular formula is C11H7ClN2S. The van der Waals surface area contributed by atoms with Crippen LogP contribution in [0, 0.1) is 0 Å². The van der Waals surface area contributed by atoms with Gasteiger partial charge in [-0.3, -0.25) is 0 Å². The molecule has 3 rings (SSSR count). The lowest BCUT2D eigenvalue weighted by molar-refractivity contribution is 1.36. The van der Waals surface area contributed by atoms with Gasteiger partial charge in [0.05, 0.1) is 20.2 Å². The fourth-order valence-corrected chi connectivity index (χ4v) is 2.50. The number of hydrogen-bond acceptors (Lipinski definition) is 2. The van der Waals surface area contributed by atoms with Crippen molar-refractivity contribution in [2.24, 2.45) is 0 Å². The zero-order valence-corrected chi connectivity index (χ0v) is 9.27. The van der Waals surface area contributed by atoms with E-state index in [1.165, 1.54) is 11.3 Å². The SMILES string of the molecule is Clc1ccc(-c2nc3ccccc3[nH]2)s1. The highest BCUT2D eigenvalue weighted by molar-refractivity contribution is 7.19. The van der Waals surface area contributed by atoms with Crippen molar-refractivity contribution in [1.82, 2.24) is 9.97 Å². The lowest BCUT2D eigenvalue weighted by Crippen LogP contribution is -1.72. The molecular weight excluding hydrogens is 228 g/mol. The van der Waals surface area contributed by atoms with Crippen LogP contribution in [0.25, 0.3) is 21.7 Å². The second kappa shape index (κ2) is 3.36. The molecule has 0 aliphatic rings. The third kappa shape index (κ3) is 1.54. The van der Waals surface area contributed by atoms with Gasteiger partial charge in [-0.25, -0.2) is 4.98 Å². The van der Waals surface area contributed by atoms with Gasteiger partial charge in [0.25, 0.3) is 0 Å². The summed E-state index contributed by atoms with van der Waals surface area (Å²) < 4.78 is 0.783. The highest BCUT2D eigenvalue weighted by Crippen LogP contribution is 2.30. The molecule has 0 radical (unpaired) electrons. The minimum absolute atomic E-state index is 0.783. The van der Waals surface area contributed by atoms with E-state index < -0.39 is 0 Å². The Bertz CT molecular complexity index is 579. The minimum Gasteiger partial charge on any atom is -0.337 e. The molecule has 3 aromatic rings. The number of halogens is 1. The summed E-state index contributed by atoms with van der Waals surface area (Å²) in [5.74, 6) is 0.883. The van der Waals surface area contributed by atoms with Crippen molar-refractivity contribution >= 4 is 34.0 Å². The van der Waals surface area contributed by atoms with Gasteiger partial charge in [-0.15, -0.1) is 11.3 Å². The first-order valence-electron chi connectivity index (χ1n) is 4.53. The number of para-hydroxylation sites is 2. The van der Waals surface area contributed by atoms with Gasteiger partial charge in [0.1, 0.15) is 5.82 Å². The van der Waals surface area contributed by atoms with E-state index in [1.807, 2.05) is 36.4 Å². The Morgan fingerprint density at radius 2 is 2.00 bits per heavy atom. The summed E-state index contributed by atoms with van der Waals surface area (Å²) in [6.07, 6.45) is 0. The molecule has 4 heteroatoms. The molecule has 0 aliphatic carbocycles. The fraction of sp³-hybridized carbons (Fsp3) is 0. The van der Waals surface area contributed by atoms with Gasteiger partial charge < -0.3 is 4.98 Å². The maximum atomic E-state index is 5.89. The number of hydrogen-bond donors (Lipinski definition) is 1. The van der Waals surface area contributed by atoms with Crippen molar-refractivity contribution in [3.05, 3.63) is 40.7 Å². The van der Waals surface area contributed by atoms with E-state index in [4.69, 9.17) is 11.6 Å². The summed E-state index contributed by atoms with van der Waals surface area (Å²) in [4.78, 5) is 8.82. The molecule has 74 valence electrons. The van der Waals surface area contributed by atoms with Crippen LogP contribution in [0.2, 0.25) is 4.34 Å². The summed E-state index contributed by atoms with van der Waals surface area (Å²) in [5, 5.41) is 0. The summed E-state index contributed by atoms with van der Waals surface area (Å²) in [6, 6.07) is 11.8. The van der Waals surface area contributed by atoms with Crippen LogP contribution in [0.1, 0.15) is 0 Å². The molecule has 2 aromatic heterocycles. The zero-order chi connectivity index (χ0) is 10.3. The number of rotatable bonds is 1. The van der Waals surface area contributed by atoms with Crippen molar-refractivity contribution in [1.29, 1.82) is 0 Å². The zero-order valence-electron chi connectivity index (χ0n) is 7.70. The van der Waals surface area contributed by atoms with E-state index in [2.05, 4.69) is 9.97 Å². The Hall–Kier alpha value is -1.32. The maximum absolute atomic E-state index is 5.89. The number of imidazole rings is 1. The number of aromatic amines is 1. The Morgan fingerprint density at radius 3 is 2.73 bits per heavy atom. The van der Waals surface area contributed by atoms with Crippen molar-refractivity contribution in [2.75, 3.05) is 0 Å². The van der Waals surface area contributed by atoms with Gasteiger partial charge in [-0.1, -0.05) is 23.7 Å². The number of fused-ring (bicyclic) bond motifs is 1. The van der Waals surface area contributed by atoms with Crippen molar-refractivity contribution in [3.8, 4) is 10.7 Å². The highest BCUT2D eigenvalue weighted by Gasteiger charge is 2.06. The average Bonchev–Trinajstić information content (AvgIpc) is 2.82. The summed E-state index contributed by atoms with van der Waals surface area (Å²) in [6.45, 7) is 0. The van der Waals surface area contributed by atoms with E-state index in [9.17, 15) is 0 Å². The first-order chi connectivity index (χ1) is 7.33. The smallest absolute Gasteiger partial charge is 0.148 e. The summed E-state index contributed by atoms with van der Waals surface area (Å²) >= 11 is 7.41. The maximum Gasteiger partial charge on any atom is 0.148 e. The number of nitrogens with zero attached hydrogens (tertiary/aromatic N) is 1. The molecule has 0 saturated heterocycles. The summed E-state index contributed by atoms with van der Waals surface area (Å²) in [7, 11) is 0. The lowest BCUT2D eigenvalue weighted by atomic mass is 10.3. The van der Waals surface area contributed by atoms with Crippen LogP contribution in [0.3, 0.4) is 0 Å². The van der Waals surface area contributed by atoms with E-state index in [-0.39, 0.29) is 0 Å². The van der Waals surface area contributed by atoms with Crippen LogP contribution < -0.4 is 0 Å². The molecule has 0 aliphatic heterocycles. The Balaban J connectivity index is 2.19. The second-order valence-electron chi connectivity index (χ2n) is 3.21. The number of aromatic nitrogens is 2. The normalized spacial score (nSPS) is 11.0. The van der Waals surface area contributed by atoms with Gasteiger partial charge in [-0.2, -0.15) is 0 Å². The average molecular weight is 235 g/mol. The molecule has 2 nitrogen and oxygen atoms in total. The van der Waals surface area contributed by atoms with Gasteiger partial charge in [0.2, 0.25) is 0 Å². The van der Waals surface area contributed by atoms with E-state index in [0.717, 1.165) is 26.1 Å². The van der Waals surface area contributed by atoms with Crippen LogP contribution >= 0.6 is 22.9 Å².